The van der Waals surface area contributed by atoms with Gasteiger partial charge in [0.1, 0.15) is 11.6 Å². The summed E-state index contributed by atoms with van der Waals surface area (Å²) < 4.78 is 44.5. The van der Waals surface area contributed by atoms with E-state index >= 15 is 0 Å². The van der Waals surface area contributed by atoms with Gasteiger partial charge in [0.25, 0.3) is 0 Å². The molecule has 7 heteroatoms. The molecule has 0 fully saturated rings. The van der Waals surface area contributed by atoms with Crippen LogP contribution >= 0.6 is 0 Å². The van der Waals surface area contributed by atoms with Gasteiger partial charge in [0.05, 0.1) is 24.3 Å². The summed E-state index contributed by atoms with van der Waals surface area (Å²) in [6.07, 6.45) is 10.1. The molecule has 0 aliphatic heterocycles. The highest BCUT2D eigenvalue weighted by Crippen LogP contribution is 2.22. The SMILES string of the molecule is CCCCCCCCCCOc1ccc(C(=O)Oc2ccc(C(=O)OC[C@@H](C)CC)c(F)c2)cc1F. The predicted octanol–water partition coefficient (Wildman–Crippen LogP) is 7.91. The molecule has 0 amide bonds. The Balaban J connectivity index is 1.82. The Bertz CT molecular complexity index is 976. The fraction of sp³-hybridized carbons (Fsp3) is 0.517. The molecule has 5 nitrogen and oxygen atoms in total. The van der Waals surface area contributed by atoms with Gasteiger partial charge in [-0.3, -0.25) is 0 Å². The van der Waals surface area contributed by atoms with Gasteiger partial charge < -0.3 is 14.2 Å². The number of hydrogen-bond donors (Lipinski definition) is 0. The Hall–Kier alpha value is -2.96. The number of rotatable bonds is 16. The van der Waals surface area contributed by atoms with Crippen LogP contribution in [-0.4, -0.2) is 25.2 Å². The smallest absolute Gasteiger partial charge is 0.343 e. The monoisotopic (exact) mass is 504 g/mol. The molecule has 0 bridgehead atoms. The molecule has 0 saturated heterocycles. The molecular weight excluding hydrogens is 466 g/mol. The largest absolute Gasteiger partial charge is 0.491 e. The Kier molecular flexibility index (Phi) is 12.9. The van der Waals surface area contributed by atoms with Crippen LogP contribution < -0.4 is 9.47 Å². The first kappa shape index (κ1) is 29.3. The molecule has 198 valence electrons. The van der Waals surface area contributed by atoms with Gasteiger partial charge in [-0.25, -0.2) is 18.4 Å². The second kappa shape index (κ2) is 15.9. The zero-order chi connectivity index (χ0) is 26.3. The van der Waals surface area contributed by atoms with Crippen LogP contribution in [0, 0.1) is 17.6 Å². The Morgan fingerprint density at radius 3 is 2.17 bits per heavy atom. The van der Waals surface area contributed by atoms with E-state index in [1.165, 1.54) is 56.4 Å². The van der Waals surface area contributed by atoms with E-state index < -0.39 is 23.6 Å². The maximum atomic E-state index is 14.4. The fourth-order valence-electron chi connectivity index (χ4n) is 3.47. The number of carbonyl (C=O) groups excluding carboxylic acids is 2. The quantitative estimate of drug-likeness (QED) is 0.132. The van der Waals surface area contributed by atoms with Gasteiger partial charge in [0.2, 0.25) is 0 Å². The van der Waals surface area contributed by atoms with Gasteiger partial charge in [-0.05, 0) is 42.7 Å². The van der Waals surface area contributed by atoms with E-state index in [-0.39, 0.29) is 35.2 Å². The minimum absolute atomic E-state index is 0.0376. The lowest BCUT2D eigenvalue weighted by Crippen LogP contribution is -2.13. The molecule has 0 N–H and O–H groups in total. The summed E-state index contributed by atoms with van der Waals surface area (Å²) in [5.41, 5.74) is -0.286. The first-order valence-electron chi connectivity index (χ1n) is 13.0. The number of carbonyl (C=O) groups is 2. The van der Waals surface area contributed by atoms with Crippen molar-refractivity contribution in [3.63, 3.8) is 0 Å². The van der Waals surface area contributed by atoms with Crippen molar-refractivity contribution < 1.29 is 32.6 Å². The van der Waals surface area contributed by atoms with Crippen LogP contribution in [0.4, 0.5) is 8.78 Å². The molecule has 2 aromatic carbocycles. The third-order valence-corrected chi connectivity index (χ3v) is 5.99. The maximum absolute atomic E-state index is 14.4. The molecule has 0 heterocycles. The minimum Gasteiger partial charge on any atom is -0.491 e. The second-order valence-electron chi connectivity index (χ2n) is 9.11. The molecule has 2 rings (SSSR count). The van der Waals surface area contributed by atoms with Crippen LogP contribution in [0.15, 0.2) is 36.4 Å². The van der Waals surface area contributed by atoms with Crippen LogP contribution in [0.25, 0.3) is 0 Å². The first-order valence-corrected chi connectivity index (χ1v) is 13.0. The summed E-state index contributed by atoms with van der Waals surface area (Å²) in [5, 5.41) is 0. The topological polar surface area (TPSA) is 61.8 Å². The number of hydrogen-bond acceptors (Lipinski definition) is 5. The predicted molar refractivity (Wildman–Crippen MR) is 136 cm³/mol. The van der Waals surface area contributed by atoms with Crippen molar-refractivity contribution in [3.05, 3.63) is 59.2 Å². The fourth-order valence-corrected chi connectivity index (χ4v) is 3.47. The third-order valence-electron chi connectivity index (χ3n) is 5.99. The Morgan fingerprint density at radius 2 is 1.53 bits per heavy atom. The van der Waals surface area contributed by atoms with Gasteiger partial charge in [0.15, 0.2) is 11.6 Å². The van der Waals surface area contributed by atoms with E-state index in [0.29, 0.717) is 6.61 Å². The molecule has 2 aromatic rings. The van der Waals surface area contributed by atoms with Gasteiger partial charge in [0, 0.05) is 6.07 Å². The molecule has 1 atom stereocenters. The van der Waals surface area contributed by atoms with E-state index in [9.17, 15) is 18.4 Å². The average molecular weight is 505 g/mol. The van der Waals surface area contributed by atoms with E-state index in [1.807, 2.05) is 13.8 Å². The van der Waals surface area contributed by atoms with Crippen LogP contribution in [0.3, 0.4) is 0 Å². The van der Waals surface area contributed by atoms with E-state index in [1.54, 1.807) is 0 Å². The Labute approximate surface area is 213 Å². The lowest BCUT2D eigenvalue weighted by atomic mass is 10.1. The molecule has 0 radical (unpaired) electrons. The van der Waals surface area contributed by atoms with Gasteiger partial charge in [-0.1, -0.05) is 72.1 Å². The normalized spacial score (nSPS) is 11.7. The van der Waals surface area contributed by atoms with Gasteiger partial charge >= 0.3 is 11.9 Å². The summed E-state index contributed by atoms with van der Waals surface area (Å²) in [6, 6.07) is 7.22. The summed E-state index contributed by atoms with van der Waals surface area (Å²) in [5.74, 6) is -3.04. The summed E-state index contributed by atoms with van der Waals surface area (Å²) in [7, 11) is 0. The van der Waals surface area contributed by atoms with Crippen molar-refractivity contribution in [3.8, 4) is 11.5 Å². The third kappa shape index (κ3) is 9.96. The molecule has 0 aliphatic rings. The molecular formula is C29H38F2O5. The Morgan fingerprint density at radius 1 is 0.833 bits per heavy atom. The second-order valence-corrected chi connectivity index (χ2v) is 9.11. The first-order chi connectivity index (χ1) is 17.3. The highest BCUT2D eigenvalue weighted by molar-refractivity contribution is 5.92. The highest BCUT2D eigenvalue weighted by atomic mass is 19.1. The molecule has 36 heavy (non-hydrogen) atoms. The standard InChI is InChI=1S/C29H38F2O5/c1-4-6-7-8-9-10-11-12-17-34-27-16-13-22(18-26(27)31)28(32)36-23-14-15-24(25(30)19-23)29(33)35-20-21(3)5-2/h13-16,18-19,21H,4-12,17,20H2,1-3H3/t21-/m0/s1. The molecule has 0 aliphatic carbocycles. The van der Waals surface area contributed by atoms with Crippen molar-refractivity contribution in [2.24, 2.45) is 5.92 Å². The average Bonchev–Trinajstić information content (AvgIpc) is 2.86. The van der Waals surface area contributed by atoms with E-state index in [4.69, 9.17) is 14.2 Å². The molecule has 0 aromatic heterocycles. The summed E-state index contributed by atoms with van der Waals surface area (Å²) in [6.45, 7) is 6.68. The van der Waals surface area contributed by atoms with Crippen LogP contribution in [0.2, 0.25) is 0 Å². The molecule has 0 spiro atoms. The van der Waals surface area contributed by atoms with Crippen molar-refractivity contribution in [1.82, 2.24) is 0 Å². The van der Waals surface area contributed by atoms with Gasteiger partial charge in [-0.2, -0.15) is 0 Å². The van der Waals surface area contributed by atoms with Crippen molar-refractivity contribution in [2.75, 3.05) is 13.2 Å². The van der Waals surface area contributed by atoms with Crippen LogP contribution in [0.1, 0.15) is 99.3 Å². The van der Waals surface area contributed by atoms with Crippen LogP contribution in [0.5, 0.6) is 11.5 Å². The summed E-state index contributed by atoms with van der Waals surface area (Å²) in [4.78, 5) is 24.5. The lowest BCUT2D eigenvalue weighted by Gasteiger charge is -2.11. The maximum Gasteiger partial charge on any atom is 0.343 e. The van der Waals surface area contributed by atoms with E-state index in [2.05, 4.69) is 6.92 Å². The summed E-state index contributed by atoms with van der Waals surface area (Å²) >= 11 is 0. The number of benzene rings is 2. The highest BCUT2D eigenvalue weighted by Gasteiger charge is 2.18. The van der Waals surface area contributed by atoms with E-state index in [0.717, 1.165) is 37.8 Å². The van der Waals surface area contributed by atoms with Gasteiger partial charge in [-0.15, -0.1) is 0 Å². The minimum atomic E-state index is -0.870. The zero-order valence-electron chi connectivity index (χ0n) is 21.6. The molecule has 0 unspecified atom stereocenters. The van der Waals surface area contributed by atoms with Crippen molar-refractivity contribution in [2.45, 2.75) is 78.6 Å². The van der Waals surface area contributed by atoms with Crippen molar-refractivity contribution >= 4 is 11.9 Å². The number of halogens is 2. The lowest BCUT2D eigenvalue weighted by molar-refractivity contribution is 0.0441. The number of esters is 2. The molecule has 0 saturated carbocycles. The zero-order valence-corrected chi connectivity index (χ0v) is 21.6. The van der Waals surface area contributed by atoms with Crippen molar-refractivity contribution in [1.29, 1.82) is 0 Å². The van der Waals surface area contributed by atoms with Crippen LogP contribution in [-0.2, 0) is 4.74 Å². The number of unbranched alkanes of at least 4 members (excludes halogenated alkanes) is 7. The number of ether oxygens (including phenoxy) is 3.